The topological polar surface area (TPSA) is 15.3 Å². The highest BCUT2D eigenvalue weighted by Crippen LogP contribution is 2.41. The molecule has 0 aromatic heterocycles. The first kappa shape index (κ1) is 13.3. The second-order valence-corrected chi connectivity index (χ2v) is 6.08. The van der Waals surface area contributed by atoms with Gasteiger partial charge in [0.05, 0.1) is 0 Å². The molecule has 2 fully saturated rings. The highest BCUT2D eigenvalue weighted by molar-refractivity contribution is 6.30. The van der Waals surface area contributed by atoms with E-state index in [0.717, 1.165) is 44.1 Å². The van der Waals surface area contributed by atoms with E-state index in [1.807, 2.05) is 12.1 Å². The molecule has 1 saturated carbocycles. The molecule has 104 valence electrons. The van der Waals surface area contributed by atoms with Gasteiger partial charge in [0, 0.05) is 42.8 Å². The molecule has 4 heteroatoms. The molecule has 0 radical (unpaired) electrons. The fourth-order valence-corrected chi connectivity index (χ4v) is 3.07. The van der Waals surface area contributed by atoms with Crippen molar-refractivity contribution in [1.29, 1.82) is 0 Å². The van der Waals surface area contributed by atoms with Crippen LogP contribution in [0.25, 0.3) is 0 Å². The first-order valence-corrected chi connectivity index (χ1v) is 7.51. The third kappa shape index (κ3) is 3.28. The van der Waals surface area contributed by atoms with Gasteiger partial charge >= 0.3 is 0 Å². The molecule has 0 bridgehead atoms. The van der Waals surface area contributed by atoms with Crippen molar-refractivity contribution < 1.29 is 4.39 Å². The van der Waals surface area contributed by atoms with Gasteiger partial charge < -0.3 is 5.32 Å². The lowest BCUT2D eigenvalue weighted by Crippen LogP contribution is -2.45. The molecule has 1 atom stereocenters. The first-order chi connectivity index (χ1) is 9.24. The van der Waals surface area contributed by atoms with Crippen LogP contribution in [0.5, 0.6) is 0 Å². The van der Waals surface area contributed by atoms with Crippen molar-refractivity contribution in [3.8, 4) is 0 Å². The normalized spacial score (nSPS) is 22.4. The largest absolute Gasteiger partial charge is 0.314 e. The van der Waals surface area contributed by atoms with Crippen LogP contribution < -0.4 is 5.32 Å². The summed E-state index contributed by atoms with van der Waals surface area (Å²) in [5, 5.41) is 3.84. The van der Waals surface area contributed by atoms with E-state index in [4.69, 9.17) is 11.6 Å². The summed E-state index contributed by atoms with van der Waals surface area (Å²) in [6.45, 7) is 3.99. The number of rotatable bonds is 4. The molecule has 1 aliphatic heterocycles. The van der Waals surface area contributed by atoms with Crippen LogP contribution >= 0.6 is 11.6 Å². The lowest BCUT2D eigenvalue weighted by Gasteiger charge is -2.35. The zero-order valence-electron chi connectivity index (χ0n) is 11.0. The second kappa shape index (κ2) is 5.78. The van der Waals surface area contributed by atoms with E-state index >= 15 is 0 Å². The Kier molecular flexibility index (Phi) is 4.06. The Bertz CT molecular complexity index is 442. The number of benzene rings is 1. The summed E-state index contributed by atoms with van der Waals surface area (Å²) >= 11 is 5.86. The third-order valence-electron chi connectivity index (χ3n) is 4.17. The quantitative estimate of drug-likeness (QED) is 0.912. The minimum absolute atomic E-state index is 0.156. The Hall–Kier alpha value is -0.640. The predicted molar refractivity (Wildman–Crippen MR) is 75.9 cm³/mol. The van der Waals surface area contributed by atoms with E-state index in [9.17, 15) is 4.39 Å². The fourth-order valence-electron chi connectivity index (χ4n) is 2.91. The monoisotopic (exact) mass is 282 g/mol. The van der Waals surface area contributed by atoms with Gasteiger partial charge in [0.25, 0.3) is 0 Å². The summed E-state index contributed by atoms with van der Waals surface area (Å²) in [7, 11) is 0. The molecule has 3 rings (SSSR count). The Morgan fingerprint density at radius 1 is 1.32 bits per heavy atom. The molecule has 1 heterocycles. The van der Waals surface area contributed by atoms with Gasteiger partial charge in [-0.3, -0.25) is 4.90 Å². The third-order valence-corrected chi connectivity index (χ3v) is 4.40. The van der Waals surface area contributed by atoms with E-state index in [1.165, 1.54) is 18.9 Å². The van der Waals surface area contributed by atoms with Gasteiger partial charge in [-0.1, -0.05) is 30.5 Å². The average molecular weight is 283 g/mol. The van der Waals surface area contributed by atoms with E-state index in [0.29, 0.717) is 5.02 Å². The first-order valence-electron chi connectivity index (χ1n) is 7.14. The molecule has 1 aliphatic carbocycles. The summed E-state index contributed by atoms with van der Waals surface area (Å²) in [5.74, 6) is 0.631. The van der Waals surface area contributed by atoms with Gasteiger partial charge in [0.1, 0.15) is 5.82 Å². The Morgan fingerprint density at radius 3 is 2.68 bits per heavy atom. The highest BCUT2D eigenvalue weighted by atomic mass is 35.5. The Balaban J connectivity index is 1.83. The zero-order valence-corrected chi connectivity index (χ0v) is 11.8. The summed E-state index contributed by atoms with van der Waals surface area (Å²) in [6, 6.07) is 5.33. The van der Waals surface area contributed by atoms with Crippen LogP contribution in [0.2, 0.25) is 5.02 Å². The maximum Gasteiger partial charge on any atom is 0.129 e. The average Bonchev–Trinajstić information content (AvgIpc) is 3.22. The van der Waals surface area contributed by atoms with E-state index in [-0.39, 0.29) is 11.9 Å². The number of halogens is 2. The van der Waals surface area contributed by atoms with Gasteiger partial charge in [0.2, 0.25) is 0 Å². The molecule has 1 aromatic rings. The van der Waals surface area contributed by atoms with Gasteiger partial charge in [-0.15, -0.1) is 0 Å². The molecule has 0 unspecified atom stereocenters. The van der Waals surface area contributed by atoms with Gasteiger partial charge in [-0.25, -0.2) is 4.39 Å². The van der Waals surface area contributed by atoms with Crippen LogP contribution in [0, 0.1) is 11.7 Å². The smallest absolute Gasteiger partial charge is 0.129 e. The molecule has 0 amide bonds. The lowest BCUT2D eigenvalue weighted by atomic mass is 9.98. The zero-order chi connectivity index (χ0) is 13.2. The van der Waals surface area contributed by atoms with Crippen LogP contribution in [0.1, 0.15) is 30.9 Å². The molecule has 1 saturated heterocycles. The summed E-state index contributed by atoms with van der Waals surface area (Å²) < 4.78 is 14.2. The Labute approximate surface area is 118 Å². The molecule has 0 spiro atoms. The molecular weight excluding hydrogens is 263 g/mol. The lowest BCUT2D eigenvalue weighted by molar-refractivity contribution is 0.157. The molecule has 2 aliphatic rings. The van der Waals surface area contributed by atoms with Crippen molar-refractivity contribution in [3.05, 3.63) is 34.6 Å². The minimum atomic E-state index is -0.156. The van der Waals surface area contributed by atoms with E-state index in [2.05, 4.69) is 10.2 Å². The number of piperazine rings is 1. The van der Waals surface area contributed by atoms with Crippen LogP contribution in [-0.4, -0.2) is 31.1 Å². The van der Waals surface area contributed by atoms with Crippen molar-refractivity contribution >= 4 is 11.6 Å². The van der Waals surface area contributed by atoms with Crippen LogP contribution in [0.15, 0.2) is 18.2 Å². The fraction of sp³-hybridized carbons (Fsp3) is 0.600. The molecule has 1 aromatic carbocycles. The van der Waals surface area contributed by atoms with Crippen LogP contribution in [0.4, 0.5) is 4.39 Å². The molecule has 1 N–H and O–H groups in total. The molecular formula is C15H20ClFN2. The SMILES string of the molecule is Fc1cc(Cl)ccc1[C@H](CC1CC1)N1CCNCC1. The van der Waals surface area contributed by atoms with Crippen molar-refractivity contribution in [1.82, 2.24) is 10.2 Å². The second-order valence-electron chi connectivity index (χ2n) is 5.65. The predicted octanol–water partition coefficient (Wildman–Crippen LogP) is 3.23. The van der Waals surface area contributed by atoms with Crippen molar-refractivity contribution in [2.75, 3.05) is 26.2 Å². The van der Waals surface area contributed by atoms with E-state index in [1.54, 1.807) is 0 Å². The summed E-state index contributed by atoms with van der Waals surface area (Å²) in [6.07, 6.45) is 3.69. The van der Waals surface area contributed by atoms with Crippen molar-refractivity contribution in [2.24, 2.45) is 5.92 Å². The van der Waals surface area contributed by atoms with Crippen LogP contribution in [0.3, 0.4) is 0 Å². The molecule has 19 heavy (non-hydrogen) atoms. The number of nitrogens with zero attached hydrogens (tertiary/aromatic N) is 1. The summed E-state index contributed by atoms with van der Waals surface area (Å²) in [4.78, 5) is 2.42. The maximum absolute atomic E-state index is 14.2. The maximum atomic E-state index is 14.2. The number of hydrogen-bond donors (Lipinski definition) is 1. The van der Waals surface area contributed by atoms with Crippen LogP contribution in [-0.2, 0) is 0 Å². The minimum Gasteiger partial charge on any atom is -0.314 e. The van der Waals surface area contributed by atoms with Crippen molar-refractivity contribution in [2.45, 2.75) is 25.3 Å². The Morgan fingerprint density at radius 2 is 2.05 bits per heavy atom. The summed E-state index contributed by atoms with van der Waals surface area (Å²) in [5.41, 5.74) is 0.818. The van der Waals surface area contributed by atoms with Gasteiger partial charge in [0.15, 0.2) is 0 Å². The number of hydrogen-bond acceptors (Lipinski definition) is 2. The van der Waals surface area contributed by atoms with Gasteiger partial charge in [-0.2, -0.15) is 0 Å². The highest BCUT2D eigenvalue weighted by Gasteiger charge is 2.31. The van der Waals surface area contributed by atoms with E-state index < -0.39 is 0 Å². The number of nitrogens with one attached hydrogen (secondary N) is 1. The van der Waals surface area contributed by atoms with Gasteiger partial charge in [-0.05, 0) is 24.5 Å². The molecule has 2 nitrogen and oxygen atoms in total. The standard InChI is InChI=1S/C15H20ClFN2/c16-12-3-4-13(14(17)10-12)15(9-11-1-2-11)19-7-5-18-6-8-19/h3-4,10-11,15,18H,1-2,5-9H2/t15-/m0/s1. The van der Waals surface area contributed by atoms with Crippen molar-refractivity contribution in [3.63, 3.8) is 0 Å².